The highest BCUT2D eigenvalue weighted by Gasteiger charge is 2.22. The standard InChI is InChI=1S/C18H24N2O3S.ClH/c1-19(10-5-11-20-12-14-23-15-13-20)24(21,22)18-9-4-7-16-6-2-3-8-17(16)18;/h2-4,6-9H,5,10-15H2,1H3;1H. The molecule has 2 aromatic rings. The van der Waals surface area contributed by atoms with E-state index in [1.807, 2.05) is 30.3 Å². The molecular formula is C18H25ClN2O3S. The second kappa shape index (κ2) is 8.96. The van der Waals surface area contributed by atoms with E-state index >= 15 is 0 Å². The van der Waals surface area contributed by atoms with Crippen LogP contribution in [-0.4, -0.2) is 64.1 Å². The quantitative estimate of drug-likeness (QED) is 0.768. The summed E-state index contributed by atoms with van der Waals surface area (Å²) < 4.78 is 32.6. The number of ether oxygens (including phenoxy) is 1. The van der Waals surface area contributed by atoms with E-state index in [1.165, 1.54) is 4.31 Å². The fourth-order valence-electron chi connectivity index (χ4n) is 3.05. The molecule has 0 N–H and O–H groups in total. The Morgan fingerprint density at radius 3 is 2.52 bits per heavy atom. The summed E-state index contributed by atoms with van der Waals surface area (Å²) in [4.78, 5) is 2.71. The number of benzene rings is 2. The Morgan fingerprint density at radius 2 is 1.76 bits per heavy atom. The molecule has 0 spiro atoms. The molecule has 3 rings (SSSR count). The number of halogens is 1. The lowest BCUT2D eigenvalue weighted by Crippen LogP contribution is -2.38. The van der Waals surface area contributed by atoms with Gasteiger partial charge in [0.15, 0.2) is 0 Å². The topological polar surface area (TPSA) is 49.9 Å². The number of morpholine rings is 1. The lowest BCUT2D eigenvalue weighted by atomic mass is 10.1. The Bertz CT molecular complexity index is 787. The van der Waals surface area contributed by atoms with Gasteiger partial charge in [-0.15, -0.1) is 12.4 Å². The van der Waals surface area contributed by atoms with Gasteiger partial charge in [-0.25, -0.2) is 12.7 Å². The van der Waals surface area contributed by atoms with Crippen molar-refractivity contribution in [2.75, 3.05) is 46.4 Å². The van der Waals surface area contributed by atoms with E-state index in [-0.39, 0.29) is 12.4 Å². The third kappa shape index (κ3) is 4.71. The van der Waals surface area contributed by atoms with E-state index in [0.717, 1.165) is 50.0 Å². The first-order chi connectivity index (χ1) is 11.6. The van der Waals surface area contributed by atoms with E-state index in [4.69, 9.17) is 4.74 Å². The van der Waals surface area contributed by atoms with Gasteiger partial charge < -0.3 is 4.74 Å². The van der Waals surface area contributed by atoms with Crippen LogP contribution in [0, 0.1) is 0 Å². The average Bonchev–Trinajstić information content (AvgIpc) is 2.62. The second-order valence-corrected chi connectivity index (χ2v) is 8.12. The van der Waals surface area contributed by atoms with Crippen molar-refractivity contribution < 1.29 is 13.2 Å². The van der Waals surface area contributed by atoms with E-state index in [2.05, 4.69) is 4.90 Å². The van der Waals surface area contributed by atoms with Crippen LogP contribution in [-0.2, 0) is 14.8 Å². The zero-order valence-electron chi connectivity index (χ0n) is 14.4. The highest BCUT2D eigenvalue weighted by Crippen LogP contribution is 2.25. The molecule has 0 radical (unpaired) electrons. The molecule has 0 atom stereocenters. The molecule has 1 heterocycles. The lowest BCUT2D eigenvalue weighted by molar-refractivity contribution is 0.0370. The van der Waals surface area contributed by atoms with Crippen molar-refractivity contribution in [3.63, 3.8) is 0 Å². The molecule has 1 aliphatic rings. The number of sulfonamides is 1. The summed E-state index contributed by atoms with van der Waals surface area (Å²) in [6.07, 6.45) is 0.820. The highest BCUT2D eigenvalue weighted by atomic mass is 35.5. The van der Waals surface area contributed by atoms with Gasteiger partial charge in [-0.2, -0.15) is 0 Å². The van der Waals surface area contributed by atoms with Gasteiger partial charge in [0.1, 0.15) is 0 Å². The van der Waals surface area contributed by atoms with Crippen molar-refractivity contribution in [3.05, 3.63) is 42.5 Å². The zero-order chi connectivity index (χ0) is 17.0. The summed E-state index contributed by atoms with van der Waals surface area (Å²) in [6.45, 7) is 4.82. The normalized spacial score (nSPS) is 16.1. The number of fused-ring (bicyclic) bond motifs is 1. The molecule has 2 aromatic carbocycles. The Morgan fingerprint density at radius 1 is 1.08 bits per heavy atom. The maximum absolute atomic E-state index is 12.9. The minimum absolute atomic E-state index is 0. The van der Waals surface area contributed by atoms with Crippen LogP contribution >= 0.6 is 12.4 Å². The van der Waals surface area contributed by atoms with Gasteiger partial charge in [0.2, 0.25) is 10.0 Å². The van der Waals surface area contributed by atoms with Gasteiger partial charge in [-0.1, -0.05) is 36.4 Å². The fraction of sp³-hybridized carbons (Fsp3) is 0.444. The molecule has 5 nitrogen and oxygen atoms in total. The Kier molecular flexibility index (Phi) is 7.22. The van der Waals surface area contributed by atoms with E-state index in [9.17, 15) is 8.42 Å². The van der Waals surface area contributed by atoms with Crippen molar-refractivity contribution in [1.82, 2.24) is 9.21 Å². The summed E-state index contributed by atoms with van der Waals surface area (Å²) in [5, 5.41) is 1.72. The molecule has 0 amide bonds. The van der Waals surface area contributed by atoms with Crippen LogP contribution in [0.2, 0.25) is 0 Å². The van der Waals surface area contributed by atoms with Crippen LogP contribution in [0.3, 0.4) is 0 Å². The van der Waals surface area contributed by atoms with Crippen LogP contribution < -0.4 is 0 Å². The first-order valence-corrected chi connectivity index (χ1v) is 9.77. The summed E-state index contributed by atoms with van der Waals surface area (Å²) in [5.74, 6) is 0. The van der Waals surface area contributed by atoms with Crippen LogP contribution in [0.4, 0.5) is 0 Å². The molecule has 0 saturated carbocycles. The third-order valence-corrected chi connectivity index (χ3v) is 6.40. The highest BCUT2D eigenvalue weighted by molar-refractivity contribution is 7.89. The zero-order valence-corrected chi connectivity index (χ0v) is 16.1. The predicted molar refractivity (Wildman–Crippen MR) is 103 cm³/mol. The third-order valence-electron chi connectivity index (χ3n) is 4.49. The smallest absolute Gasteiger partial charge is 0.243 e. The molecule has 0 aliphatic carbocycles. The molecule has 0 unspecified atom stereocenters. The minimum atomic E-state index is -3.48. The fourth-order valence-corrected chi connectivity index (χ4v) is 4.47. The van der Waals surface area contributed by atoms with E-state index in [0.29, 0.717) is 11.4 Å². The van der Waals surface area contributed by atoms with Gasteiger partial charge in [-0.05, 0) is 24.4 Å². The number of nitrogens with zero attached hydrogens (tertiary/aromatic N) is 2. The number of rotatable bonds is 6. The van der Waals surface area contributed by atoms with Crippen molar-refractivity contribution >= 4 is 33.2 Å². The molecule has 138 valence electrons. The monoisotopic (exact) mass is 384 g/mol. The molecule has 1 fully saturated rings. The predicted octanol–water partition coefficient (Wildman–Crippen LogP) is 2.60. The number of hydrogen-bond acceptors (Lipinski definition) is 4. The maximum atomic E-state index is 12.9. The van der Waals surface area contributed by atoms with Gasteiger partial charge in [0.25, 0.3) is 0 Å². The van der Waals surface area contributed by atoms with Gasteiger partial charge in [0.05, 0.1) is 18.1 Å². The van der Waals surface area contributed by atoms with Crippen LogP contribution in [0.25, 0.3) is 10.8 Å². The second-order valence-electron chi connectivity index (χ2n) is 6.11. The Labute approximate surface area is 156 Å². The average molecular weight is 385 g/mol. The van der Waals surface area contributed by atoms with Gasteiger partial charge in [-0.3, -0.25) is 4.90 Å². The molecule has 0 bridgehead atoms. The van der Waals surface area contributed by atoms with Crippen molar-refractivity contribution in [3.8, 4) is 0 Å². The Hall–Kier alpha value is -1.18. The van der Waals surface area contributed by atoms with Crippen LogP contribution in [0.15, 0.2) is 47.4 Å². The maximum Gasteiger partial charge on any atom is 0.243 e. The molecule has 1 saturated heterocycles. The van der Waals surface area contributed by atoms with Crippen LogP contribution in [0.5, 0.6) is 0 Å². The van der Waals surface area contributed by atoms with Gasteiger partial charge >= 0.3 is 0 Å². The van der Waals surface area contributed by atoms with E-state index < -0.39 is 10.0 Å². The summed E-state index contributed by atoms with van der Waals surface area (Å²) in [5.41, 5.74) is 0. The van der Waals surface area contributed by atoms with Gasteiger partial charge in [0, 0.05) is 32.1 Å². The molecular weight excluding hydrogens is 360 g/mol. The summed E-state index contributed by atoms with van der Waals surface area (Å²) in [7, 11) is -1.82. The number of hydrogen-bond donors (Lipinski definition) is 0. The molecule has 1 aliphatic heterocycles. The summed E-state index contributed by atoms with van der Waals surface area (Å²) in [6, 6.07) is 13.0. The molecule has 25 heavy (non-hydrogen) atoms. The first-order valence-electron chi connectivity index (χ1n) is 8.33. The molecule has 7 heteroatoms. The summed E-state index contributed by atoms with van der Waals surface area (Å²) >= 11 is 0. The lowest BCUT2D eigenvalue weighted by Gasteiger charge is -2.27. The first kappa shape index (κ1) is 20.1. The van der Waals surface area contributed by atoms with Crippen molar-refractivity contribution in [2.24, 2.45) is 0 Å². The van der Waals surface area contributed by atoms with Crippen molar-refractivity contribution in [2.45, 2.75) is 11.3 Å². The minimum Gasteiger partial charge on any atom is -0.379 e. The van der Waals surface area contributed by atoms with Crippen LogP contribution in [0.1, 0.15) is 6.42 Å². The Balaban J connectivity index is 0.00000225. The van der Waals surface area contributed by atoms with E-state index in [1.54, 1.807) is 19.2 Å². The SMILES string of the molecule is CN(CCCN1CCOCC1)S(=O)(=O)c1cccc2ccccc12.Cl. The van der Waals surface area contributed by atoms with Crippen molar-refractivity contribution in [1.29, 1.82) is 0 Å². The largest absolute Gasteiger partial charge is 0.379 e. The molecule has 0 aromatic heterocycles.